The highest BCUT2D eigenvalue weighted by Crippen LogP contribution is 2.25. The summed E-state index contributed by atoms with van der Waals surface area (Å²) in [7, 11) is 0. The number of thioether (sulfide) groups is 1. The van der Waals surface area contributed by atoms with Crippen LogP contribution in [0, 0.1) is 5.82 Å². The average molecular weight is 305 g/mol. The molecular formula is C11H10ClFN2O3S. The van der Waals surface area contributed by atoms with Gasteiger partial charge in [-0.15, -0.1) is 11.8 Å². The summed E-state index contributed by atoms with van der Waals surface area (Å²) < 4.78 is 13.1. The van der Waals surface area contributed by atoms with E-state index in [1.54, 1.807) is 0 Å². The van der Waals surface area contributed by atoms with Crippen molar-refractivity contribution in [3.05, 3.63) is 29.0 Å². The Morgan fingerprint density at radius 2 is 2.26 bits per heavy atom. The maximum atomic E-state index is 13.1. The number of rotatable bonds is 2. The number of nitrogens with one attached hydrogen (secondary N) is 1. The van der Waals surface area contributed by atoms with Gasteiger partial charge in [0.1, 0.15) is 11.9 Å². The van der Waals surface area contributed by atoms with E-state index in [9.17, 15) is 14.0 Å². The van der Waals surface area contributed by atoms with Gasteiger partial charge in [0.2, 0.25) is 0 Å². The van der Waals surface area contributed by atoms with Crippen LogP contribution in [-0.2, 0) is 4.79 Å². The fourth-order valence-electron chi connectivity index (χ4n) is 1.63. The quantitative estimate of drug-likeness (QED) is 0.880. The minimum absolute atomic E-state index is 0.118. The van der Waals surface area contributed by atoms with Crippen molar-refractivity contribution in [2.75, 3.05) is 16.9 Å². The van der Waals surface area contributed by atoms with Crippen LogP contribution in [0.5, 0.6) is 0 Å². The van der Waals surface area contributed by atoms with E-state index >= 15 is 0 Å². The lowest BCUT2D eigenvalue weighted by Gasteiger charge is -2.21. The van der Waals surface area contributed by atoms with E-state index in [1.165, 1.54) is 28.8 Å². The maximum absolute atomic E-state index is 13.1. The third-order valence-electron chi connectivity index (χ3n) is 2.60. The molecule has 0 radical (unpaired) electrons. The Morgan fingerprint density at radius 1 is 1.53 bits per heavy atom. The monoisotopic (exact) mass is 304 g/mol. The molecule has 19 heavy (non-hydrogen) atoms. The number of carboxylic acids is 1. The lowest BCUT2D eigenvalue weighted by molar-refractivity contribution is -0.140. The van der Waals surface area contributed by atoms with E-state index in [0.29, 0.717) is 5.75 Å². The van der Waals surface area contributed by atoms with Gasteiger partial charge < -0.3 is 15.3 Å². The van der Waals surface area contributed by atoms with Crippen LogP contribution >= 0.6 is 23.4 Å². The van der Waals surface area contributed by atoms with Crippen molar-refractivity contribution < 1.29 is 19.1 Å². The fraction of sp³-hybridized carbons (Fsp3) is 0.273. The molecule has 1 saturated heterocycles. The zero-order valence-electron chi connectivity index (χ0n) is 9.60. The zero-order valence-corrected chi connectivity index (χ0v) is 11.2. The third-order valence-corrected chi connectivity index (χ3v) is 3.94. The van der Waals surface area contributed by atoms with Gasteiger partial charge in [-0.1, -0.05) is 11.6 Å². The van der Waals surface area contributed by atoms with Crippen LogP contribution in [0.25, 0.3) is 0 Å². The molecule has 2 amide bonds. The van der Waals surface area contributed by atoms with Crippen LogP contribution in [0.1, 0.15) is 0 Å². The molecule has 1 aromatic rings. The number of aliphatic carboxylic acids is 1. The van der Waals surface area contributed by atoms with Gasteiger partial charge in [0.05, 0.1) is 16.6 Å². The molecule has 0 saturated carbocycles. The van der Waals surface area contributed by atoms with Crippen molar-refractivity contribution >= 4 is 41.1 Å². The van der Waals surface area contributed by atoms with E-state index in [1.807, 2.05) is 0 Å². The van der Waals surface area contributed by atoms with Gasteiger partial charge in [0, 0.05) is 5.75 Å². The Balaban J connectivity index is 2.12. The molecule has 0 aromatic heterocycles. The minimum Gasteiger partial charge on any atom is -0.480 e. The number of hydrogen-bond donors (Lipinski definition) is 2. The Labute approximate surface area is 117 Å². The second-order valence-electron chi connectivity index (χ2n) is 3.88. The highest BCUT2D eigenvalue weighted by Gasteiger charge is 2.34. The van der Waals surface area contributed by atoms with E-state index < -0.39 is 23.9 Å². The van der Waals surface area contributed by atoms with Crippen LogP contribution in [0.15, 0.2) is 18.2 Å². The van der Waals surface area contributed by atoms with Gasteiger partial charge in [-0.3, -0.25) is 0 Å². The number of halogens is 2. The van der Waals surface area contributed by atoms with E-state index in [0.717, 1.165) is 6.07 Å². The molecule has 2 rings (SSSR count). The number of carboxylic acid groups (broad SMARTS) is 1. The molecule has 2 N–H and O–H groups in total. The summed E-state index contributed by atoms with van der Waals surface area (Å²) in [6.07, 6.45) is 0. The molecule has 1 heterocycles. The zero-order chi connectivity index (χ0) is 14.0. The number of nitrogens with zero attached hydrogens (tertiary/aromatic N) is 1. The van der Waals surface area contributed by atoms with Crippen molar-refractivity contribution in [3.63, 3.8) is 0 Å². The first-order valence-corrected chi connectivity index (χ1v) is 6.85. The molecule has 1 aliphatic heterocycles. The largest absolute Gasteiger partial charge is 0.480 e. The molecular weight excluding hydrogens is 295 g/mol. The van der Waals surface area contributed by atoms with Crippen LogP contribution < -0.4 is 5.32 Å². The Kier molecular flexibility index (Phi) is 4.16. The number of benzene rings is 1. The van der Waals surface area contributed by atoms with E-state index in [-0.39, 0.29) is 16.6 Å². The second-order valence-corrected chi connectivity index (χ2v) is 5.29. The van der Waals surface area contributed by atoms with Gasteiger partial charge in [0.25, 0.3) is 0 Å². The van der Waals surface area contributed by atoms with Crippen molar-refractivity contribution in [1.82, 2.24) is 4.90 Å². The molecule has 1 fully saturated rings. The number of hydrogen-bond acceptors (Lipinski definition) is 3. The highest BCUT2D eigenvalue weighted by molar-refractivity contribution is 7.99. The molecule has 0 spiro atoms. The Bertz CT molecular complexity index is 529. The van der Waals surface area contributed by atoms with Crippen LogP contribution in [-0.4, -0.2) is 39.7 Å². The molecule has 0 unspecified atom stereocenters. The Morgan fingerprint density at radius 3 is 2.95 bits per heavy atom. The summed E-state index contributed by atoms with van der Waals surface area (Å²) in [5, 5.41) is 11.6. The topological polar surface area (TPSA) is 69.6 Å². The highest BCUT2D eigenvalue weighted by atomic mass is 35.5. The molecule has 102 valence electrons. The molecule has 5 nitrogen and oxygen atoms in total. The van der Waals surface area contributed by atoms with E-state index in [4.69, 9.17) is 16.7 Å². The van der Waals surface area contributed by atoms with Gasteiger partial charge >= 0.3 is 12.0 Å². The number of carbonyl (C=O) groups excluding carboxylic acids is 1. The SMILES string of the molecule is O=C(O)[C@@H]1CSCN1C(=O)Nc1cc(F)ccc1Cl. The summed E-state index contributed by atoms with van der Waals surface area (Å²) in [5.41, 5.74) is 0.118. The van der Waals surface area contributed by atoms with Gasteiger partial charge in [-0.05, 0) is 18.2 Å². The maximum Gasteiger partial charge on any atom is 0.327 e. The van der Waals surface area contributed by atoms with E-state index in [2.05, 4.69) is 5.32 Å². The molecule has 0 bridgehead atoms. The summed E-state index contributed by atoms with van der Waals surface area (Å²) >= 11 is 7.17. The predicted molar refractivity (Wildman–Crippen MR) is 71.0 cm³/mol. The summed E-state index contributed by atoms with van der Waals surface area (Å²) in [6, 6.07) is 2.09. The molecule has 8 heteroatoms. The summed E-state index contributed by atoms with van der Waals surface area (Å²) in [4.78, 5) is 24.1. The number of anilines is 1. The average Bonchev–Trinajstić information content (AvgIpc) is 2.83. The first-order valence-electron chi connectivity index (χ1n) is 5.32. The smallest absolute Gasteiger partial charge is 0.327 e. The normalized spacial score (nSPS) is 18.4. The Hall–Kier alpha value is -1.47. The van der Waals surface area contributed by atoms with Crippen LogP contribution in [0.4, 0.5) is 14.9 Å². The minimum atomic E-state index is -1.06. The molecule has 0 aliphatic carbocycles. The lowest BCUT2D eigenvalue weighted by Crippen LogP contribution is -2.44. The first kappa shape index (κ1) is 14.0. The van der Waals surface area contributed by atoms with Crippen molar-refractivity contribution in [2.24, 2.45) is 0 Å². The van der Waals surface area contributed by atoms with Gasteiger partial charge in [0.15, 0.2) is 0 Å². The summed E-state index contributed by atoms with van der Waals surface area (Å²) in [6.45, 7) is 0. The molecule has 1 aromatic carbocycles. The van der Waals surface area contributed by atoms with Crippen molar-refractivity contribution in [1.29, 1.82) is 0 Å². The molecule has 1 aliphatic rings. The van der Waals surface area contributed by atoms with Gasteiger partial charge in [-0.2, -0.15) is 0 Å². The van der Waals surface area contributed by atoms with Crippen molar-refractivity contribution in [2.45, 2.75) is 6.04 Å². The van der Waals surface area contributed by atoms with Gasteiger partial charge in [-0.25, -0.2) is 14.0 Å². The standard InChI is InChI=1S/C11H10ClFN2O3S/c12-7-2-1-6(13)3-8(7)14-11(18)15-5-19-4-9(15)10(16)17/h1-3,9H,4-5H2,(H,14,18)(H,16,17)/t9-/m0/s1. The summed E-state index contributed by atoms with van der Waals surface area (Å²) in [5.74, 6) is -0.995. The third kappa shape index (κ3) is 3.10. The van der Waals surface area contributed by atoms with Crippen LogP contribution in [0.2, 0.25) is 5.02 Å². The number of urea groups is 1. The number of amides is 2. The lowest BCUT2D eigenvalue weighted by atomic mass is 10.3. The first-order chi connectivity index (χ1) is 8.99. The van der Waals surface area contributed by atoms with Crippen LogP contribution in [0.3, 0.4) is 0 Å². The predicted octanol–water partition coefficient (Wildman–Crippen LogP) is 2.47. The second kappa shape index (κ2) is 5.66. The fourth-order valence-corrected chi connectivity index (χ4v) is 2.94. The number of carbonyl (C=O) groups is 2. The van der Waals surface area contributed by atoms with Crippen molar-refractivity contribution in [3.8, 4) is 0 Å². The molecule has 1 atom stereocenters.